The van der Waals surface area contributed by atoms with E-state index in [1.165, 1.54) is 38.8 Å². The maximum Gasteiger partial charge on any atom is 0.128 e. The topological polar surface area (TPSA) is 24.7 Å². The first-order valence-corrected chi connectivity index (χ1v) is 6.43. The van der Waals surface area contributed by atoms with Gasteiger partial charge in [-0.1, -0.05) is 30.3 Å². The second-order valence-corrected chi connectivity index (χ2v) is 4.79. The molecule has 88 valence electrons. The normalized spacial score (nSPS) is 20.3. The van der Waals surface area contributed by atoms with Crippen LogP contribution in [0.2, 0.25) is 0 Å². The van der Waals surface area contributed by atoms with Gasteiger partial charge in [0.25, 0.3) is 0 Å². The van der Waals surface area contributed by atoms with Gasteiger partial charge in [0.1, 0.15) is 12.6 Å². The summed E-state index contributed by atoms with van der Waals surface area (Å²) in [5.41, 5.74) is 1.05. The molecule has 2 heteroatoms. The molecule has 0 radical (unpaired) electrons. The molecule has 2 N–H and O–H groups in total. The monoisotopic (exact) mass is 220 g/mol. The van der Waals surface area contributed by atoms with E-state index < -0.39 is 0 Å². The molecule has 1 aliphatic heterocycles. The van der Waals surface area contributed by atoms with Gasteiger partial charge in [0.15, 0.2) is 0 Å². The first kappa shape index (κ1) is 11.6. The zero-order valence-corrected chi connectivity index (χ0v) is 9.86. The summed E-state index contributed by atoms with van der Waals surface area (Å²) in [5, 5.41) is 10.1. The highest BCUT2D eigenvalue weighted by molar-refractivity contribution is 5.17. The highest BCUT2D eigenvalue weighted by atomic mass is 16.3. The van der Waals surface area contributed by atoms with Crippen molar-refractivity contribution in [3.05, 3.63) is 35.9 Å². The van der Waals surface area contributed by atoms with Crippen LogP contribution in [0.1, 0.15) is 37.4 Å². The van der Waals surface area contributed by atoms with Crippen LogP contribution in [0.4, 0.5) is 0 Å². The molecule has 1 aromatic rings. The molecule has 1 aromatic carbocycles. The average molecular weight is 220 g/mol. The summed E-state index contributed by atoms with van der Waals surface area (Å²) in [4.78, 5) is 1.56. The van der Waals surface area contributed by atoms with Crippen molar-refractivity contribution >= 4 is 0 Å². The number of rotatable bonds is 3. The van der Waals surface area contributed by atoms with Gasteiger partial charge in [-0.2, -0.15) is 0 Å². The minimum Gasteiger partial charge on any atom is -0.382 e. The van der Waals surface area contributed by atoms with Crippen molar-refractivity contribution in [2.75, 3.05) is 19.6 Å². The molecule has 0 aromatic heterocycles. The molecule has 0 bridgehead atoms. The largest absolute Gasteiger partial charge is 0.382 e. The van der Waals surface area contributed by atoms with Gasteiger partial charge in [-0.25, -0.2) is 0 Å². The van der Waals surface area contributed by atoms with Crippen molar-refractivity contribution in [3.8, 4) is 0 Å². The third-order valence-electron chi connectivity index (χ3n) is 3.48. The molecule has 0 aliphatic carbocycles. The van der Waals surface area contributed by atoms with Gasteiger partial charge in [-0.15, -0.1) is 0 Å². The van der Waals surface area contributed by atoms with Gasteiger partial charge < -0.3 is 10.0 Å². The Kier molecular flexibility index (Phi) is 4.37. The van der Waals surface area contributed by atoms with Gasteiger partial charge >= 0.3 is 0 Å². The van der Waals surface area contributed by atoms with Crippen molar-refractivity contribution in [1.29, 1.82) is 0 Å². The predicted molar refractivity (Wildman–Crippen MR) is 65.4 cm³/mol. The predicted octanol–water partition coefficient (Wildman–Crippen LogP) is 1.18. The van der Waals surface area contributed by atoms with Crippen LogP contribution in [-0.4, -0.2) is 24.7 Å². The van der Waals surface area contributed by atoms with Gasteiger partial charge in [-0.3, -0.25) is 0 Å². The van der Waals surface area contributed by atoms with Crippen molar-refractivity contribution in [1.82, 2.24) is 0 Å². The van der Waals surface area contributed by atoms with E-state index >= 15 is 0 Å². The van der Waals surface area contributed by atoms with Crippen LogP contribution < -0.4 is 4.90 Å². The lowest BCUT2D eigenvalue weighted by Crippen LogP contribution is -3.12. The maximum atomic E-state index is 10.1. The number of hydrogen-bond acceptors (Lipinski definition) is 1. The van der Waals surface area contributed by atoms with Crippen LogP contribution in [0.5, 0.6) is 0 Å². The van der Waals surface area contributed by atoms with E-state index in [2.05, 4.69) is 0 Å². The van der Waals surface area contributed by atoms with Gasteiger partial charge in [0.05, 0.1) is 13.1 Å². The molecule has 1 aliphatic rings. The summed E-state index contributed by atoms with van der Waals surface area (Å²) >= 11 is 0. The number of likely N-dealkylation sites (tertiary alicyclic amines) is 1. The van der Waals surface area contributed by atoms with Gasteiger partial charge in [0.2, 0.25) is 0 Å². The Labute approximate surface area is 97.9 Å². The summed E-state index contributed by atoms with van der Waals surface area (Å²) < 4.78 is 0. The molecule has 0 saturated carbocycles. The number of nitrogens with one attached hydrogen (secondary N) is 1. The summed E-state index contributed by atoms with van der Waals surface area (Å²) in [6.07, 6.45) is 5.07. The summed E-state index contributed by atoms with van der Waals surface area (Å²) in [6, 6.07) is 10.0. The highest BCUT2D eigenvalue weighted by Gasteiger charge is 2.17. The van der Waals surface area contributed by atoms with Crippen molar-refractivity contribution in [2.45, 2.75) is 31.8 Å². The van der Waals surface area contributed by atoms with Crippen molar-refractivity contribution in [3.63, 3.8) is 0 Å². The molecule has 1 heterocycles. The van der Waals surface area contributed by atoms with Crippen LogP contribution in [0.15, 0.2) is 30.3 Å². The SMILES string of the molecule is O[C@H](C[NH+]1CCCCCC1)c1ccccc1. The van der Waals surface area contributed by atoms with Crippen LogP contribution in [-0.2, 0) is 0 Å². The standard InChI is InChI=1S/C14H21NO/c16-14(13-8-4-3-5-9-13)12-15-10-6-1-2-7-11-15/h3-5,8-9,14,16H,1-2,6-7,10-12H2/p+1/t14-/m1/s1. The molecule has 0 unspecified atom stereocenters. The Bertz CT molecular complexity index is 291. The third-order valence-corrected chi connectivity index (χ3v) is 3.48. The van der Waals surface area contributed by atoms with E-state index in [1.54, 1.807) is 4.90 Å². The fraction of sp³-hybridized carbons (Fsp3) is 0.571. The molecule has 16 heavy (non-hydrogen) atoms. The fourth-order valence-electron chi connectivity index (χ4n) is 2.50. The summed E-state index contributed by atoms with van der Waals surface area (Å²) in [6.45, 7) is 3.32. The van der Waals surface area contributed by atoms with Crippen LogP contribution >= 0.6 is 0 Å². The lowest BCUT2D eigenvalue weighted by molar-refractivity contribution is -0.903. The molecule has 2 rings (SSSR count). The van der Waals surface area contributed by atoms with Gasteiger partial charge in [0, 0.05) is 0 Å². The number of aliphatic hydroxyl groups excluding tert-OH is 1. The molecular formula is C14H22NO+. The zero-order valence-electron chi connectivity index (χ0n) is 9.86. The van der Waals surface area contributed by atoms with Crippen LogP contribution in [0.3, 0.4) is 0 Å². The minimum atomic E-state index is -0.297. The van der Waals surface area contributed by atoms with Crippen molar-refractivity contribution < 1.29 is 10.0 Å². The average Bonchev–Trinajstić information content (AvgIpc) is 2.59. The molecular weight excluding hydrogens is 198 g/mol. The highest BCUT2D eigenvalue weighted by Crippen LogP contribution is 2.10. The number of hydrogen-bond donors (Lipinski definition) is 2. The maximum absolute atomic E-state index is 10.1. The molecule has 0 spiro atoms. The Hall–Kier alpha value is -0.860. The van der Waals surface area contributed by atoms with E-state index in [4.69, 9.17) is 0 Å². The van der Waals surface area contributed by atoms with E-state index in [0.29, 0.717) is 0 Å². The fourth-order valence-corrected chi connectivity index (χ4v) is 2.50. The van der Waals surface area contributed by atoms with E-state index in [9.17, 15) is 5.11 Å². The Morgan fingerprint density at radius 1 is 1.00 bits per heavy atom. The molecule has 1 atom stereocenters. The van der Waals surface area contributed by atoms with Crippen molar-refractivity contribution in [2.24, 2.45) is 0 Å². The summed E-state index contributed by atoms with van der Waals surface area (Å²) in [7, 11) is 0. The third kappa shape index (κ3) is 3.32. The van der Waals surface area contributed by atoms with Crippen LogP contribution in [0, 0.1) is 0 Å². The Morgan fingerprint density at radius 2 is 1.62 bits per heavy atom. The molecule has 1 saturated heterocycles. The lowest BCUT2D eigenvalue weighted by atomic mass is 10.1. The molecule has 0 amide bonds. The minimum absolute atomic E-state index is 0.297. The molecule has 1 fully saturated rings. The molecule has 2 nitrogen and oxygen atoms in total. The number of aliphatic hydroxyl groups is 1. The quantitative estimate of drug-likeness (QED) is 0.785. The van der Waals surface area contributed by atoms with E-state index in [0.717, 1.165) is 12.1 Å². The van der Waals surface area contributed by atoms with E-state index in [-0.39, 0.29) is 6.10 Å². The van der Waals surface area contributed by atoms with Gasteiger partial charge in [-0.05, 0) is 31.2 Å². The van der Waals surface area contributed by atoms with Crippen LogP contribution in [0.25, 0.3) is 0 Å². The Morgan fingerprint density at radius 3 is 2.25 bits per heavy atom. The second-order valence-electron chi connectivity index (χ2n) is 4.79. The first-order valence-electron chi connectivity index (χ1n) is 6.43. The Balaban J connectivity index is 1.88. The zero-order chi connectivity index (χ0) is 11.2. The summed E-state index contributed by atoms with van der Waals surface area (Å²) in [5.74, 6) is 0. The first-order chi connectivity index (χ1) is 7.86. The van der Waals surface area contributed by atoms with E-state index in [1.807, 2.05) is 30.3 Å². The second kappa shape index (κ2) is 6.02. The number of quaternary nitrogens is 1. The lowest BCUT2D eigenvalue weighted by Gasteiger charge is -2.20. The number of benzene rings is 1. The smallest absolute Gasteiger partial charge is 0.128 e.